The lowest BCUT2D eigenvalue weighted by Crippen LogP contribution is -2.49. The highest BCUT2D eigenvalue weighted by Crippen LogP contribution is 2.31. The number of rotatable bonds is 6. The standard InChI is InChI=1S/C23H27ClN6O4S/c1-27-15-21(25-16-27)35(32,33)29-11-9-28(10-12-29)20-14-26-30(18-6-4-5-17(24)13-18)23(31)22(20)34-19-7-2-3-8-19/h4-6,13-16,19H,2-3,7-12H2,1H3. The predicted molar refractivity (Wildman–Crippen MR) is 132 cm³/mol. The highest BCUT2D eigenvalue weighted by molar-refractivity contribution is 7.89. The fourth-order valence-electron chi connectivity index (χ4n) is 4.55. The Bertz CT molecular complexity index is 1370. The number of sulfonamides is 1. The topological polar surface area (TPSA) is 103 Å². The van der Waals surface area contributed by atoms with Gasteiger partial charge in [0.05, 0.1) is 24.3 Å². The zero-order valence-electron chi connectivity index (χ0n) is 19.4. The van der Waals surface area contributed by atoms with Gasteiger partial charge < -0.3 is 14.2 Å². The minimum absolute atomic E-state index is 0.0255. The molecule has 1 aromatic carbocycles. The summed E-state index contributed by atoms with van der Waals surface area (Å²) in [7, 11) is -1.95. The predicted octanol–water partition coefficient (Wildman–Crippen LogP) is 2.45. The molecular weight excluding hydrogens is 492 g/mol. The van der Waals surface area contributed by atoms with Crippen molar-refractivity contribution < 1.29 is 13.2 Å². The Kier molecular flexibility index (Phi) is 6.56. The lowest BCUT2D eigenvalue weighted by molar-refractivity contribution is 0.205. The van der Waals surface area contributed by atoms with Gasteiger partial charge in [0.1, 0.15) is 5.69 Å². The number of ether oxygens (including phenoxy) is 1. The molecule has 35 heavy (non-hydrogen) atoms. The molecule has 1 aliphatic heterocycles. The van der Waals surface area contributed by atoms with E-state index in [2.05, 4.69) is 10.1 Å². The Balaban J connectivity index is 1.43. The first-order chi connectivity index (χ1) is 16.8. The van der Waals surface area contributed by atoms with Crippen LogP contribution in [0.25, 0.3) is 5.69 Å². The van der Waals surface area contributed by atoms with E-state index in [9.17, 15) is 13.2 Å². The molecule has 0 radical (unpaired) electrons. The van der Waals surface area contributed by atoms with Crippen molar-refractivity contribution in [3.63, 3.8) is 0 Å². The number of aromatic nitrogens is 4. The normalized spacial score (nSPS) is 17.7. The average molecular weight is 519 g/mol. The molecule has 2 aromatic heterocycles. The molecular formula is C23H27ClN6O4S. The maximum atomic E-state index is 13.5. The van der Waals surface area contributed by atoms with Crippen molar-refractivity contribution in [2.45, 2.75) is 36.8 Å². The third-order valence-corrected chi connectivity index (χ3v) is 8.44. The fourth-order valence-corrected chi connectivity index (χ4v) is 6.13. The average Bonchev–Trinajstić information content (AvgIpc) is 3.52. The molecule has 1 saturated heterocycles. The van der Waals surface area contributed by atoms with Gasteiger partial charge in [-0.3, -0.25) is 4.79 Å². The van der Waals surface area contributed by atoms with E-state index in [1.807, 2.05) is 4.90 Å². The van der Waals surface area contributed by atoms with Crippen molar-refractivity contribution in [3.8, 4) is 11.4 Å². The van der Waals surface area contributed by atoms with Gasteiger partial charge in [-0.1, -0.05) is 17.7 Å². The summed E-state index contributed by atoms with van der Waals surface area (Å²) in [6.45, 7) is 1.32. The van der Waals surface area contributed by atoms with Crippen LogP contribution in [0.15, 0.2) is 52.8 Å². The molecule has 1 saturated carbocycles. The number of aryl methyl sites for hydroxylation is 1. The van der Waals surface area contributed by atoms with Crippen LogP contribution in [0.2, 0.25) is 5.02 Å². The van der Waals surface area contributed by atoms with Crippen molar-refractivity contribution in [1.29, 1.82) is 0 Å². The Labute approximate surface area is 208 Å². The second-order valence-electron chi connectivity index (χ2n) is 8.85. The lowest BCUT2D eigenvalue weighted by atomic mass is 10.2. The number of imidazole rings is 1. The molecule has 0 spiro atoms. The summed E-state index contributed by atoms with van der Waals surface area (Å²) >= 11 is 6.13. The van der Waals surface area contributed by atoms with Gasteiger partial charge in [0, 0.05) is 44.4 Å². The summed E-state index contributed by atoms with van der Waals surface area (Å²) in [6, 6.07) is 6.94. The Morgan fingerprint density at radius 1 is 1.11 bits per heavy atom. The monoisotopic (exact) mass is 518 g/mol. The van der Waals surface area contributed by atoms with E-state index in [0.29, 0.717) is 29.5 Å². The minimum atomic E-state index is -3.68. The SMILES string of the molecule is Cn1cnc(S(=O)(=O)N2CCN(c3cnn(-c4cccc(Cl)c4)c(=O)c3OC3CCCC3)CC2)c1. The number of benzene rings is 1. The molecule has 3 heterocycles. The summed E-state index contributed by atoms with van der Waals surface area (Å²) in [5.74, 6) is 0.243. The van der Waals surface area contributed by atoms with Gasteiger partial charge >= 0.3 is 5.56 Å². The van der Waals surface area contributed by atoms with Crippen LogP contribution in [0.5, 0.6) is 5.75 Å². The molecule has 10 nitrogen and oxygen atoms in total. The van der Waals surface area contributed by atoms with Crippen LogP contribution >= 0.6 is 11.6 Å². The van der Waals surface area contributed by atoms with Crippen LogP contribution in [0, 0.1) is 0 Å². The maximum absolute atomic E-state index is 13.5. The van der Waals surface area contributed by atoms with E-state index in [0.717, 1.165) is 25.7 Å². The van der Waals surface area contributed by atoms with Crippen LogP contribution in [0.3, 0.4) is 0 Å². The van der Waals surface area contributed by atoms with Crippen LogP contribution in [0.1, 0.15) is 25.7 Å². The first-order valence-electron chi connectivity index (χ1n) is 11.6. The smallest absolute Gasteiger partial charge is 0.316 e. The van der Waals surface area contributed by atoms with Crippen LogP contribution in [-0.2, 0) is 17.1 Å². The molecule has 3 aromatic rings. The van der Waals surface area contributed by atoms with Crippen molar-refractivity contribution in [2.75, 3.05) is 31.1 Å². The molecule has 0 N–H and O–H groups in total. The molecule has 0 bridgehead atoms. The van der Waals surface area contributed by atoms with E-state index in [-0.39, 0.29) is 35.5 Å². The number of halogens is 1. The van der Waals surface area contributed by atoms with Gasteiger partial charge in [0.15, 0.2) is 5.03 Å². The summed E-state index contributed by atoms with van der Waals surface area (Å²) in [6.07, 6.45) is 8.49. The van der Waals surface area contributed by atoms with Crippen LogP contribution in [-0.4, -0.2) is 64.3 Å². The number of anilines is 1. The van der Waals surface area contributed by atoms with E-state index in [1.165, 1.54) is 21.5 Å². The quantitative estimate of drug-likeness (QED) is 0.494. The molecule has 2 aliphatic rings. The Morgan fingerprint density at radius 2 is 1.86 bits per heavy atom. The van der Waals surface area contributed by atoms with E-state index < -0.39 is 10.0 Å². The van der Waals surface area contributed by atoms with Gasteiger partial charge in [-0.05, 0) is 43.9 Å². The highest BCUT2D eigenvalue weighted by atomic mass is 35.5. The number of nitrogens with zero attached hydrogens (tertiary/aromatic N) is 6. The van der Waals surface area contributed by atoms with Crippen LogP contribution in [0.4, 0.5) is 5.69 Å². The van der Waals surface area contributed by atoms with Gasteiger partial charge in [-0.15, -0.1) is 0 Å². The number of hydrogen-bond donors (Lipinski definition) is 0. The highest BCUT2D eigenvalue weighted by Gasteiger charge is 2.32. The number of hydrogen-bond acceptors (Lipinski definition) is 7. The fraction of sp³-hybridized carbons (Fsp3) is 0.435. The summed E-state index contributed by atoms with van der Waals surface area (Å²) in [5.41, 5.74) is 0.770. The van der Waals surface area contributed by atoms with Crippen molar-refractivity contribution >= 4 is 27.3 Å². The maximum Gasteiger partial charge on any atom is 0.316 e. The van der Waals surface area contributed by atoms with E-state index in [1.54, 1.807) is 42.1 Å². The molecule has 1 aliphatic carbocycles. The second kappa shape index (κ2) is 9.63. The molecule has 5 rings (SSSR count). The van der Waals surface area contributed by atoms with Gasteiger partial charge in [-0.25, -0.2) is 13.4 Å². The summed E-state index contributed by atoms with van der Waals surface area (Å²) < 4.78 is 36.5. The Hall–Kier alpha value is -2.89. The summed E-state index contributed by atoms with van der Waals surface area (Å²) in [5, 5.41) is 4.93. The van der Waals surface area contributed by atoms with E-state index >= 15 is 0 Å². The minimum Gasteiger partial charge on any atom is -0.483 e. The van der Waals surface area contributed by atoms with Crippen molar-refractivity contribution in [3.05, 3.63) is 58.4 Å². The van der Waals surface area contributed by atoms with Crippen molar-refractivity contribution in [2.24, 2.45) is 7.05 Å². The molecule has 0 unspecified atom stereocenters. The van der Waals surface area contributed by atoms with Gasteiger partial charge in [0.2, 0.25) is 5.75 Å². The van der Waals surface area contributed by atoms with E-state index in [4.69, 9.17) is 16.3 Å². The number of piperazine rings is 1. The molecule has 12 heteroatoms. The van der Waals surface area contributed by atoms with Gasteiger partial charge in [-0.2, -0.15) is 14.1 Å². The van der Waals surface area contributed by atoms with Crippen molar-refractivity contribution in [1.82, 2.24) is 23.6 Å². The molecule has 2 fully saturated rings. The zero-order chi connectivity index (χ0) is 24.6. The third-order valence-electron chi connectivity index (χ3n) is 6.42. The summed E-state index contributed by atoms with van der Waals surface area (Å²) in [4.78, 5) is 19.5. The molecule has 0 amide bonds. The largest absolute Gasteiger partial charge is 0.483 e. The molecule has 186 valence electrons. The lowest BCUT2D eigenvalue weighted by Gasteiger charge is -2.35. The first-order valence-corrected chi connectivity index (χ1v) is 13.4. The Morgan fingerprint density at radius 3 is 2.51 bits per heavy atom. The third kappa shape index (κ3) is 4.80. The second-order valence-corrected chi connectivity index (χ2v) is 11.2. The molecule has 0 atom stereocenters. The zero-order valence-corrected chi connectivity index (χ0v) is 21.0. The van der Waals surface area contributed by atoms with Gasteiger partial charge in [0.25, 0.3) is 10.0 Å². The first kappa shape index (κ1) is 23.8. The van der Waals surface area contributed by atoms with Crippen LogP contribution < -0.4 is 15.2 Å².